The molecule has 2 rings (SSSR count). The van der Waals surface area contributed by atoms with Crippen LogP contribution in [0.2, 0.25) is 0 Å². The zero-order valence-electron chi connectivity index (χ0n) is 12.2. The van der Waals surface area contributed by atoms with Crippen molar-refractivity contribution in [2.45, 2.75) is 6.61 Å². The SMILES string of the molecule is COC(=O)c1ccc(OCc2cccc(C#N)c2)c([N+](=O)[O-])c1. The summed E-state index contributed by atoms with van der Waals surface area (Å²) < 4.78 is 9.98. The fourth-order valence-electron chi connectivity index (χ4n) is 1.92. The van der Waals surface area contributed by atoms with Crippen molar-refractivity contribution in [3.63, 3.8) is 0 Å². The Hall–Kier alpha value is -3.40. The number of carbonyl (C=O) groups is 1. The van der Waals surface area contributed by atoms with Gasteiger partial charge in [0.05, 0.1) is 29.2 Å². The molecule has 0 unspecified atom stereocenters. The molecule has 7 nitrogen and oxygen atoms in total. The van der Waals surface area contributed by atoms with Crippen molar-refractivity contribution >= 4 is 11.7 Å². The standard InChI is InChI=1S/C16H12N2O5/c1-22-16(19)13-5-6-15(14(8-13)18(20)21)23-10-12-4-2-3-11(7-12)9-17/h2-8H,10H2,1H3. The number of nitriles is 1. The number of benzene rings is 2. The maximum absolute atomic E-state index is 11.4. The normalized spacial score (nSPS) is 9.74. The first-order chi connectivity index (χ1) is 11.0. The lowest BCUT2D eigenvalue weighted by molar-refractivity contribution is -0.386. The zero-order valence-corrected chi connectivity index (χ0v) is 12.2. The third-order valence-corrected chi connectivity index (χ3v) is 3.03. The number of hydrogen-bond acceptors (Lipinski definition) is 6. The predicted molar refractivity (Wildman–Crippen MR) is 79.9 cm³/mol. The summed E-state index contributed by atoms with van der Waals surface area (Å²) in [5.74, 6) is -0.633. The summed E-state index contributed by atoms with van der Waals surface area (Å²) in [5, 5.41) is 20.0. The summed E-state index contributed by atoms with van der Waals surface area (Å²) in [5.41, 5.74) is 0.916. The predicted octanol–water partition coefficient (Wildman–Crippen LogP) is 2.83. The van der Waals surface area contributed by atoms with Crippen molar-refractivity contribution in [2.75, 3.05) is 7.11 Å². The van der Waals surface area contributed by atoms with Gasteiger partial charge in [-0.2, -0.15) is 5.26 Å². The molecule has 0 N–H and O–H groups in total. The monoisotopic (exact) mass is 312 g/mol. The Morgan fingerprint density at radius 3 is 2.74 bits per heavy atom. The van der Waals surface area contributed by atoms with Gasteiger partial charge in [-0.1, -0.05) is 12.1 Å². The smallest absolute Gasteiger partial charge is 0.338 e. The number of ether oxygens (including phenoxy) is 2. The van der Waals surface area contributed by atoms with Crippen molar-refractivity contribution < 1.29 is 19.2 Å². The van der Waals surface area contributed by atoms with Gasteiger partial charge in [0.1, 0.15) is 6.61 Å². The lowest BCUT2D eigenvalue weighted by atomic mass is 10.1. The Morgan fingerprint density at radius 1 is 1.30 bits per heavy atom. The Morgan fingerprint density at radius 2 is 2.09 bits per heavy atom. The Balaban J connectivity index is 2.23. The molecule has 23 heavy (non-hydrogen) atoms. The summed E-state index contributed by atoms with van der Waals surface area (Å²) in [7, 11) is 1.20. The minimum Gasteiger partial charge on any atom is -0.482 e. The molecule has 0 amide bonds. The van der Waals surface area contributed by atoms with Crippen LogP contribution in [0.5, 0.6) is 5.75 Å². The lowest BCUT2D eigenvalue weighted by Gasteiger charge is -2.08. The van der Waals surface area contributed by atoms with Gasteiger partial charge in [-0.05, 0) is 29.8 Å². The number of nitrogens with zero attached hydrogens (tertiary/aromatic N) is 2. The van der Waals surface area contributed by atoms with Crippen molar-refractivity contribution in [3.8, 4) is 11.8 Å². The number of nitro benzene ring substituents is 1. The number of rotatable bonds is 5. The maximum atomic E-state index is 11.4. The lowest BCUT2D eigenvalue weighted by Crippen LogP contribution is -2.04. The minimum absolute atomic E-state index is 0.0324. The molecule has 0 saturated carbocycles. The average molecular weight is 312 g/mol. The summed E-state index contributed by atoms with van der Waals surface area (Å²) >= 11 is 0. The van der Waals surface area contributed by atoms with Crippen LogP contribution in [0.25, 0.3) is 0 Å². The first-order valence-corrected chi connectivity index (χ1v) is 6.53. The first kappa shape index (κ1) is 16.0. The van der Waals surface area contributed by atoms with Crippen molar-refractivity contribution in [1.82, 2.24) is 0 Å². The Bertz CT molecular complexity index is 795. The number of methoxy groups -OCH3 is 1. The highest BCUT2D eigenvalue weighted by Gasteiger charge is 2.19. The molecule has 0 atom stereocenters. The van der Waals surface area contributed by atoms with Crippen molar-refractivity contribution in [2.24, 2.45) is 0 Å². The van der Waals surface area contributed by atoms with E-state index >= 15 is 0 Å². The summed E-state index contributed by atoms with van der Waals surface area (Å²) in [6, 6.07) is 12.6. The third-order valence-electron chi connectivity index (χ3n) is 3.03. The second kappa shape index (κ2) is 7.04. The molecule has 0 aliphatic carbocycles. The van der Waals surface area contributed by atoms with E-state index in [1.54, 1.807) is 24.3 Å². The number of hydrogen-bond donors (Lipinski definition) is 0. The van der Waals surface area contributed by atoms with E-state index in [4.69, 9.17) is 10.00 Å². The molecule has 0 heterocycles. The van der Waals surface area contributed by atoms with Crippen LogP contribution in [0.3, 0.4) is 0 Å². The molecule has 0 aliphatic heterocycles. The molecule has 0 aromatic heterocycles. The summed E-state index contributed by atoms with van der Waals surface area (Å²) in [6.07, 6.45) is 0. The highest BCUT2D eigenvalue weighted by molar-refractivity contribution is 5.90. The molecule has 0 radical (unpaired) electrons. The molecule has 116 valence electrons. The molecule has 2 aromatic carbocycles. The highest BCUT2D eigenvalue weighted by Crippen LogP contribution is 2.29. The van der Waals surface area contributed by atoms with Crippen LogP contribution in [-0.4, -0.2) is 18.0 Å². The number of nitro groups is 1. The molecule has 7 heteroatoms. The topological polar surface area (TPSA) is 102 Å². The third kappa shape index (κ3) is 3.83. The Kier molecular flexibility index (Phi) is 4.89. The molecule has 0 fully saturated rings. The fourth-order valence-corrected chi connectivity index (χ4v) is 1.92. The van der Waals surface area contributed by atoms with E-state index in [1.165, 1.54) is 19.2 Å². The van der Waals surface area contributed by atoms with E-state index in [0.717, 1.165) is 6.07 Å². The molecule has 0 aliphatic rings. The quantitative estimate of drug-likeness (QED) is 0.478. The van der Waals surface area contributed by atoms with E-state index in [-0.39, 0.29) is 23.6 Å². The van der Waals surface area contributed by atoms with Crippen molar-refractivity contribution in [3.05, 3.63) is 69.3 Å². The second-order valence-electron chi connectivity index (χ2n) is 4.53. The van der Waals surface area contributed by atoms with Crippen LogP contribution in [0.1, 0.15) is 21.5 Å². The van der Waals surface area contributed by atoms with Gasteiger partial charge >= 0.3 is 11.7 Å². The molecular formula is C16H12N2O5. The first-order valence-electron chi connectivity index (χ1n) is 6.53. The second-order valence-corrected chi connectivity index (χ2v) is 4.53. The van der Waals surface area contributed by atoms with E-state index in [1.807, 2.05) is 6.07 Å². The molecule has 2 aromatic rings. The highest BCUT2D eigenvalue weighted by atomic mass is 16.6. The number of carbonyl (C=O) groups excluding carboxylic acids is 1. The van der Waals surface area contributed by atoms with Crippen LogP contribution in [0.4, 0.5) is 5.69 Å². The Labute approximate surface area is 131 Å². The van der Waals surface area contributed by atoms with Gasteiger partial charge in [0.2, 0.25) is 0 Å². The van der Waals surface area contributed by atoms with Gasteiger partial charge in [0.15, 0.2) is 5.75 Å². The van der Waals surface area contributed by atoms with Gasteiger partial charge in [0.25, 0.3) is 0 Å². The molecule has 0 saturated heterocycles. The van der Waals surface area contributed by atoms with Crippen LogP contribution in [0.15, 0.2) is 42.5 Å². The van der Waals surface area contributed by atoms with Gasteiger partial charge in [-0.3, -0.25) is 10.1 Å². The van der Waals surface area contributed by atoms with Gasteiger partial charge in [-0.15, -0.1) is 0 Å². The van der Waals surface area contributed by atoms with E-state index in [2.05, 4.69) is 4.74 Å². The largest absolute Gasteiger partial charge is 0.482 e. The summed E-state index contributed by atoms with van der Waals surface area (Å²) in [6.45, 7) is 0.0634. The fraction of sp³-hybridized carbons (Fsp3) is 0.125. The van der Waals surface area contributed by atoms with Crippen molar-refractivity contribution in [1.29, 1.82) is 5.26 Å². The van der Waals surface area contributed by atoms with E-state index in [0.29, 0.717) is 11.1 Å². The van der Waals surface area contributed by atoms with E-state index < -0.39 is 10.9 Å². The zero-order chi connectivity index (χ0) is 16.8. The van der Waals surface area contributed by atoms with Gasteiger partial charge < -0.3 is 9.47 Å². The van der Waals surface area contributed by atoms with Crippen LogP contribution in [0, 0.1) is 21.4 Å². The number of esters is 1. The van der Waals surface area contributed by atoms with Gasteiger partial charge in [-0.25, -0.2) is 4.79 Å². The maximum Gasteiger partial charge on any atom is 0.338 e. The molecule has 0 spiro atoms. The van der Waals surface area contributed by atoms with Crippen LogP contribution < -0.4 is 4.74 Å². The molecular weight excluding hydrogens is 300 g/mol. The van der Waals surface area contributed by atoms with Crippen LogP contribution >= 0.6 is 0 Å². The van der Waals surface area contributed by atoms with Gasteiger partial charge in [0, 0.05) is 6.07 Å². The average Bonchev–Trinajstić information content (AvgIpc) is 2.59. The van der Waals surface area contributed by atoms with E-state index in [9.17, 15) is 14.9 Å². The summed E-state index contributed by atoms with van der Waals surface area (Å²) in [4.78, 5) is 21.9. The minimum atomic E-state index is -0.665. The molecule has 0 bridgehead atoms. The van der Waals surface area contributed by atoms with Crippen LogP contribution in [-0.2, 0) is 11.3 Å².